The third-order valence-corrected chi connectivity index (χ3v) is 3.30. The smallest absolute Gasteiger partial charge is 0.137 e. The molecule has 1 heterocycles. The van der Waals surface area contributed by atoms with E-state index in [2.05, 4.69) is 48.0 Å². The lowest BCUT2D eigenvalue weighted by Crippen LogP contribution is -2.26. The molecule has 1 aromatic heterocycles. The van der Waals surface area contributed by atoms with Gasteiger partial charge in [0.05, 0.1) is 0 Å². The van der Waals surface area contributed by atoms with Gasteiger partial charge in [0.2, 0.25) is 0 Å². The molecule has 0 radical (unpaired) electrons. The minimum atomic E-state index is 0.678. The molecule has 0 fully saturated rings. The van der Waals surface area contributed by atoms with Gasteiger partial charge < -0.3 is 10.2 Å². The van der Waals surface area contributed by atoms with Gasteiger partial charge in [-0.2, -0.15) is 0 Å². The number of hydrogen-bond acceptors (Lipinski definition) is 4. The molecule has 4 heteroatoms. The van der Waals surface area contributed by atoms with Crippen LogP contribution >= 0.6 is 0 Å². The first kappa shape index (κ1) is 14.7. The second-order valence-corrected chi connectivity index (χ2v) is 4.92. The summed E-state index contributed by atoms with van der Waals surface area (Å²) in [5.41, 5.74) is 1.23. The van der Waals surface area contributed by atoms with Gasteiger partial charge in [-0.15, -0.1) is 0 Å². The standard InChI is InChI=1S/C14H26N4/c1-6-8-12-13(15-4)16-10-17-14(12)18(5)9-11(3)7-2/h10-11H,6-9H2,1-5H3,(H,15,16,17). The van der Waals surface area contributed by atoms with Crippen molar-refractivity contribution in [2.45, 2.75) is 40.0 Å². The van der Waals surface area contributed by atoms with Crippen molar-refractivity contribution in [2.75, 3.05) is 30.9 Å². The van der Waals surface area contributed by atoms with Crippen molar-refractivity contribution in [1.29, 1.82) is 0 Å². The minimum Gasteiger partial charge on any atom is -0.373 e. The molecule has 1 N–H and O–H groups in total. The highest BCUT2D eigenvalue weighted by atomic mass is 15.2. The van der Waals surface area contributed by atoms with Crippen LogP contribution in [0.15, 0.2) is 6.33 Å². The van der Waals surface area contributed by atoms with Gasteiger partial charge >= 0.3 is 0 Å². The molecule has 1 atom stereocenters. The van der Waals surface area contributed by atoms with Crippen LogP contribution in [0.5, 0.6) is 0 Å². The molecule has 0 saturated carbocycles. The summed E-state index contributed by atoms with van der Waals surface area (Å²) >= 11 is 0. The molecule has 0 bridgehead atoms. The first-order chi connectivity index (χ1) is 8.63. The Bertz CT molecular complexity index is 365. The van der Waals surface area contributed by atoms with E-state index in [0.29, 0.717) is 5.92 Å². The molecule has 102 valence electrons. The predicted molar refractivity (Wildman–Crippen MR) is 78.3 cm³/mol. The van der Waals surface area contributed by atoms with Crippen LogP contribution in [0, 0.1) is 5.92 Å². The molecule has 1 aromatic rings. The maximum Gasteiger partial charge on any atom is 0.137 e. The summed E-state index contributed by atoms with van der Waals surface area (Å²) in [4.78, 5) is 11.0. The lowest BCUT2D eigenvalue weighted by atomic mass is 10.1. The fourth-order valence-corrected chi connectivity index (χ4v) is 2.11. The first-order valence-electron chi connectivity index (χ1n) is 6.86. The van der Waals surface area contributed by atoms with Crippen LogP contribution in [0.25, 0.3) is 0 Å². The molecule has 0 amide bonds. The number of hydrogen-bond donors (Lipinski definition) is 1. The fourth-order valence-electron chi connectivity index (χ4n) is 2.11. The van der Waals surface area contributed by atoms with Crippen LogP contribution in [0.2, 0.25) is 0 Å². The molecule has 0 aliphatic rings. The van der Waals surface area contributed by atoms with Gasteiger partial charge in [-0.1, -0.05) is 33.6 Å². The maximum absolute atomic E-state index is 4.47. The number of nitrogens with zero attached hydrogens (tertiary/aromatic N) is 3. The fraction of sp³-hybridized carbons (Fsp3) is 0.714. The average molecular weight is 250 g/mol. The van der Waals surface area contributed by atoms with E-state index in [9.17, 15) is 0 Å². The van der Waals surface area contributed by atoms with Crippen LogP contribution in [0.1, 0.15) is 39.2 Å². The van der Waals surface area contributed by atoms with Crippen molar-refractivity contribution in [3.8, 4) is 0 Å². The highest BCUT2D eigenvalue weighted by Gasteiger charge is 2.14. The summed E-state index contributed by atoms with van der Waals surface area (Å²) in [7, 11) is 4.03. The molecule has 0 aliphatic heterocycles. The molecule has 1 rings (SSSR count). The van der Waals surface area contributed by atoms with Gasteiger partial charge in [0.1, 0.15) is 18.0 Å². The van der Waals surface area contributed by atoms with E-state index in [0.717, 1.165) is 31.0 Å². The normalized spacial score (nSPS) is 12.3. The predicted octanol–water partition coefficient (Wildman–Crippen LogP) is 2.95. The third kappa shape index (κ3) is 3.59. The Morgan fingerprint density at radius 3 is 2.61 bits per heavy atom. The first-order valence-corrected chi connectivity index (χ1v) is 6.86. The van der Waals surface area contributed by atoms with Gasteiger partial charge in [-0.3, -0.25) is 0 Å². The van der Waals surface area contributed by atoms with Crippen LogP contribution in [-0.4, -0.2) is 30.6 Å². The van der Waals surface area contributed by atoms with Crippen LogP contribution < -0.4 is 10.2 Å². The highest BCUT2D eigenvalue weighted by molar-refractivity contribution is 5.58. The van der Waals surface area contributed by atoms with E-state index in [1.165, 1.54) is 12.0 Å². The number of nitrogens with one attached hydrogen (secondary N) is 1. The van der Waals surface area contributed by atoms with Crippen molar-refractivity contribution in [3.05, 3.63) is 11.9 Å². The van der Waals surface area contributed by atoms with E-state index in [-0.39, 0.29) is 0 Å². The monoisotopic (exact) mass is 250 g/mol. The van der Waals surface area contributed by atoms with Gasteiger partial charge in [0.15, 0.2) is 0 Å². The average Bonchev–Trinajstić information content (AvgIpc) is 2.38. The molecule has 18 heavy (non-hydrogen) atoms. The number of rotatable bonds is 7. The van der Waals surface area contributed by atoms with E-state index < -0.39 is 0 Å². The van der Waals surface area contributed by atoms with E-state index in [4.69, 9.17) is 0 Å². The summed E-state index contributed by atoms with van der Waals surface area (Å²) in [6.45, 7) is 7.72. The number of aromatic nitrogens is 2. The van der Waals surface area contributed by atoms with Gasteiger partial charge in [0, 0.05) is 26.2 Å². The second-order valence-electron chi connectivity index (χ2n) is 4.92. The van der Waals surface area contributed by atoms with Crippen LogP contribution in [0.4, 0.5) is 11.6 Å². The zero-order valence-corrected chi connectivity index (χ0v) is 12.3. The molecule has 0 aromatic carbocycles. The molecule has 1 unspecified atom stereocenters. The Hall–Kier alpha value is -1.32. The molecular weight excluding hydrogens is 224 g/mol. The zero-order valence-electron chi connectivity index (χ0n) is 12.3. The quantitative estimate of drug-likeness (QED) is 0.808. The molecule has 0 aliphatic carbocycles. The summed E-state index contributed by atoms with van der Waals surface area (Å²) in [6.07, 6.45) is 4.95. The third-order valence-electron chi connectivity index (χ3n) is 3.30. The molecule has 0 spiro atoms. The van der Waals surface area contributed by atoms with Gasteiger partial charge in [-0.25, -0.2) is 9.97 Å². The maximum atomic E-state index is 4.47. The summed E-state index contributed by atoms with van der Waals surface area (Å²) < 4.78 is 0. The lowest BCUT2D eigenvalue weighted by Gasteiger charge is -2.24. The molecule has 4 nitrogen and oxygen atoms in total. The Kier molecular flexibility index (Phi) is 5.89. The van der Waals surface area contributed by atoms with Crippen molar-refractivity contribution in [1.82, 2.24) is 9.97 Å². The SMILES string of the molecule is CCCc1c(NC)ncnc1N(C)CC(C)CC. The van der Waals surface area contributed by atoms with Crippen molar-refractivity contribution < 1.29 is 0 Å². The van der Waals surface area contributed by atoms with Crippen LogP contribution in [-0.2, 0) is 6.42 Å². The number of anilines is 2. The van der Waals surface area contributed by atoms with Crippen molar-refractivity contribution >= 4 is 11.6 Å². The Morgan fingerprint density at radius 1 is 1.33 bits per heavy atom. The van der Waals surface area contributed by atoms with Crippen molar-refractivity contribution in [3.63, 3.8) is 0 Å². The molecule has 0 saturated heterocycles. The van der Waals surface area contributed by atoms with Gasteiger partial charge in [0.25, 0.3) is 0 Å². The minimum absolute atomic E-state index is 0.678. The zero-order chi connectivity index (χ0) is 13.5. The second kappa shape index (κ2) is 7.19. The van der Waals surface area contributed by atoms with E-state index in [1.54, 1.807) is 6.33 Å². The summed E-state index contributed by atoms with van der Waals surface area (Å²) in [5, 5.41) is 3.17. The van der Waals surface area contributed by atoms with Gasteiger partial charge in [-0.05, 0) is 12.3 Å². The molecular formula is C14H26N4. The Balaban J connectivity index is 2.98. The van der Waals surface area contributed by atoms with Crippen LogP contribution in [0.3, 0.4) is 0 Å². The summed E-state index contributed by atoms with van der Waals surface area (Å²) in [5.74, 6) is 2.70. The van der Waals surface area contributed by atoms with E-state index >= 15 is 0 Å². The Morgan fingerprint density at radius 2 is 2.06 bits per heavy atom. The topological polar surface area (TPSA) is 41.1 Å². The Labute approximate surface area is 111 Å². The highest BCUT2D eigenvalue weighted by Crippen LogP contribution is 2.24. The largest absolute Gasteiger partial charge is 0.373 e. The lowest BCUT2D eigenvalue weighted by molar-refractivity contribution is 0.556. The van der Waals surface area contributed by atoms with E-state index in [1.807, 2.05) is 7.05 Å². The summed E-state index contributed by atoms with van der Waals surface area (Å²) in [6, 6.07) is 0. The van der Waals surface area contributed by atoms with Crippen molar-refractivity contribution in [2.24, 2.45) is 5.92 Å².